The maximum absolute atomic E-state index is 12.7. The Morgan fingerprint density at radius 1 is 1.27 bits per heavy atom. The van der Waals surface area contributed by atoms with E-state index in [1.54, 1.807) is 28.9 Å². The van der Waals surface area contributed by atoms with Gasteiger partial charge in [0.25, 0.3) is 15.9 Å². The van der Waals surface area contributed by atoms with Crippen molar-refractivity contribution in [2.75, 3.05) is 33.4 Å². The first kappa shape index (κ1) is 18.4. The number of hydrogen-bond acceptors (Lipinski definition) is 6. The van der Waals surface area contributed by atoms with Crippen LogP contribution in [0.25, 0.3) is 0 Å². The zero-order chi connectivity index (χ0) is 18.4. The molecule has 0 bridgehead atoms. The molecule has 0 N–H and O–H groups in total. The van der Waals surface area contributed by atoms with E-state index in [1.807, 2.05) is 4.90 Å². The summed E-state index contributed by atoms with van der Waals surface area (Å²) in [6.07, 6.45) is 2.50. The molecule has 9 heteroatoms. The molecule has 1 spiro atoms. The van der Waals surface area contributed by atoms with Crippen molar-refractivity contribution >= 4 is 27.3 Å². The molecule has 3 aliphatic rings. The number of amides is 1. The summed E-state index contributed by atoms with van der Waals surface area (Å²) in [4.78, 5) is 14.6. The Balaban J connectivity index is 1.47. The molecule has 3 saturated heterocycles. The number of carbonyl (C=O) groups excluding carboxylic acids is 1. The van der Waals surface area contributed by atoms with E-state index >= 15 is 0 Å². The molecule has 26 heavy (non-hydrogen) atoms. The third-order valence-corrected chi connectivity index (χ3v) is 9.17. The molecule has 1 unspecified atom stereocenters. The second-order valence-corrected chi connectivity index (χ2v) is 10.2. The molecular formula is C17H24N2O5S2. The van der Waals surface area contributed by atoms with Crippen LogP contribution in [0.5, 0.6) is 0 Å². The number of hydrogen-bond donors (Lipinski definition) is 0. The average molecular weight is 401 g/mol. The third-order valence-electron chi connectivity index (χ3n) is 5.90. The van der Waals surface area contributed by atoms with Crippen LogP contribution in [-0.2, 0) is 24.3 Å². The standard InChI is InChI=1S/C17H24N2O5S2/c1-23-15-16(20)19(17(15)6-10-24-11-7-17)13-4-8-18(9-5-13)26(21,22)14-3-2-12-25-14/h2-3,12-13,15H,4-11H2,1H3. The summed E-state index contributed by atoms with van der Waals surface area (Å²) in [5.41, 5.74) is -0.274. The fourth-order valence-corrected chi connectivity index (χ4v) is 7.22. The van der Waals surface area contributed by atoms with E-state index in [1.165, 1.54) is 11.3 Å². The maximum atomic E-state index is 12.7. The lowest BCUT2D eigenvalue weighted by Gasteiger charge is -2.61. The summed E-state index contributed by atoms with van der Waals surface area (Å²) >= 11 is 1.24. The highest BCUT2D eigenvalue weighted by molar-refractivity contribution is 7.91. The monoisotopic (exact) mass is 400 g/mol. The number of ether oxygens (including phenoxy) is 2. The van der Waals surface area contributed by atoms with Crippen molar-refractivity contribution in [1.29, 1.82) is 0 Å². The summed E-state index contributed by atoms with van der Waals surface area (Å²) in [5, 5.41) is 1.78. The van der Waals surface area contributed by atoms with Gasteiger partial charge < -0.3 is 14.4 Å². The second-order valence-electron chi connectivity index (χ2n) is 7.11. The third kappa shape index (κ3) is 2.72. The van der Waals surface area contributed by atoms with Crippen molar-refractivity contribution in [3.63, 3.8) is 0 Å². The quantitative estimate of drug-likeness (QED) is 0.713. The molecule has 0 saturated carbocycles. The molecular weight excluding hydrogens is 376 g/mol. The van der Waals surface area contributed by atoms with Gasteiger partial charge in [0.1, 0.15) is 4.21 Å². The van der Waals surface area contributed by atoms with E-state index < -0.39 is 10.0 Å². The molecule has 1 aromatic heterocycles. The summed E-state index contributed by atoms with van der Waals surface area (Å²) in [6, 6.07) is 3.47. The number of likely N-dealkylation sites (tertiary alicyclic amines) is 1. The Labute approximate surface area is 157 Å². The van der Waals surface area contributed by atoms with Gasteiger partial charge in [-0.2, -0.15) is 4.31 Å². The van der Waals surface area contributed by atoms with E-state index in [2.05, 4.69) is 0 Å². The predicted octanol–water partition coefficient (Wildman–Crippen LogP) is 1.31. The molecule has 0 aliphatic carbocycles. The van der Waals surface area contributed by atoms with Crippen molar-refractivity contribution in [1.82, 2.24) is 9.21 Å². The predicted molar refractivity (Wildman–Crippen MR) is 96.5 cm³/mol. The van der Waals surface area contributed by atoms with E-state index in [0.717, 1.165) is 12.8 Å². The minimum Gasteiger partial charge on any atom is -0.381 e. The Bertz CT molecular complexity index is 750. The average Bonchev–Trinajstić information content (AvgIpc) is 3.19. The normalized spacial score (nSPS) is 27.7. The van der Waals surface area contributed by atoms with Crippen molar-refractivity contribution < 1.29 is 22.7 Å². The van der Waals surface area contributed by atoms with Crippen LogP contribution in [0.4, 0.5) is 0 Å². The highest BCUT2D eigenvalue weighted by Crippen LogP contribution is 2.45. The summed E-state index contributed by atoms with van der Waals surface area (Å²) in [5.74, 6) is 0.0361. The molecule has 3 fully saturated rings. The van der Waals surface area contributed by atoms with E-state index in [9.17, 15) is 13.2 Å². The van der Waals surface area contributed by atoms with Crippen LogP contribution in [0.15, 0.2) is 21.7 Å². The van der Waals surface area contributed by atoms with Crippen LogP contribution in [0, 0.1) is 0 Å². The van der Waals surface area contributed by atoms with Crippen LogP contribution in [0.2, 0.25) is 0 Å². The molecule has 0 aromatic carbocycles. The molecule has 4 rings (SSSR count). The number of sulfonamides is 1. The SMILES string of the molecule is COC1C(=O)N(C2CCN(S(=O)(=O)c3cccs3)CC2)C12CCOCC2. The Hall–Kier alpha value is -1.00. The van der Waals surface area contributed by atoms with Crippen LogP contribution in [0.1, 0.15) is 25.7 Å². The number of β-lactam (4-membered cyclic amide) rings is 1. The number of thiophene rings is 1. The topological polar surface area (TPSA) is 76.2 Å². The van der Waals surface area contributed by atoms with Gasteiger partial charge in [0, 0.05) is 39.5 Å². The molecule has 1 amide bonds. The van der Waals surface area contributed by atoms with Gasteiger partial charge in [0.2, 0.25) is 0 Å². The highest BCUT2D eigenvalue weighted by atomic mass is 32.2. The maximum Gasteiger partial charge on any atom is 0.254 e. The second kappa shape index (κ2) is 6.87. The van der Waals surface area contributed by atoms with Crippen molar-refractivity contribution in [2.45, 2.75) is 47.6 Å². The van der Waals surface area contributed by atoms with Crippen LogP contribution < -0.4 is 0 Å². The van der Waals surface area contributed by atoms with Gasteiger partial charge in [-0.05, 0) is 37.1 Å². The minimum atomic E-state index is -3.42. The summed E-state index contributed by atoms with van der Waals surface area (Å²) < 4.78 is 38.3. The number of piperidine rings is 1. The molecule has 144 valence electrons. The van der Waals surface area contributed by atoms with Crippen LogP contribution in [0.3, 0.4) is 0 Å². The van der Waals surface area contributed by atoms with Gasteiger partial charge in [-0.1, -0.05) is 6.07 Å². The molecule has 7 nitrogen and oxygen atoms in total. The lowest BCUT2D eigenvalue weighted by molar-refractivity contribution is -0.213. The number of rotatable bonds is 4. The zero-order valence-corrected chi connectivity index (χ0v) is 16.4. The molecule has 3 aliphatic heterocycles. The van der Waals surface area contributed by atoms with E-state index in [4.69, 9.17) is 9.47 Å². The lowest BCUT2D eigenvalue weighted by atomic mass is 9.72. The zero-order valence-electron chi connectivity index (χ0n) is 14.8. The Morgan fingerprint density at radius 2 is 1.96 bits per heavy atom. The minimum absolute atomic E-state index is 0.0361. The van der Waals surface area contributed by atoms with E-state index in [0.29, 0.717) is 43.4 Å². The molecule has 0 radical (unpaired) electrons. The van der Waals surface area contributed by atoms with Gasteiger partial charge in [0.05, 0.1) is 5.54 Å². The Morgan fingerprint density at radius 3 is 2.54 bits per heavy atom. The molecule has 1 aromatic rings. The summed E-state index contributed by atoms with van der Waals surface area (Å²) in [6.45, 7) is 2.16. The number of nitrogens with zero attached hydrogens (tertiary/aromatic N) is 2. The molecule has 1 atom stereocenters. The number of methoxy groups -OCH3 is 1. The van der Waals surface area contributed by atoms with Crippen molar-refractivity contribution in [3.05, 3.63) is 17.5 Å². The largest absolute Gasteiger partial charge is 0.381 e. The van der Waals surface area contributed by atoms with Crippen LogP contribution >= 0.6 is 11.3 Å². The van der Waals surface area contributed by atoms with Gasteiger partial charge in [-0.3, -0.25) is 4.79 Å². The first-order chi connectivity index (χ1) is 12.5. The fourth-order valence-electron chi connectivity index (χ4n) is 4.61. The van der Waals surface area contributed by atoms with Crippen molar-refractivity contribution in [3.8, 4) is 0 Å². The fraction of sp³-hybridized carbons (Fsp3) is 0.706. The smallest absolute Gasteiger partial charge is 0.254 e. The lowest BCUT2D eigenvalue weighted by Crippen LogP contribution is -2.79. The first-order valence-corrected chi connectivity index (χ1v) is 11.3. The summed E-state index contributed by atoms with van der Waals surface area (Å²) in [7, 11) is -1.82. The highest BCUT2D eigenvalue weighted by Gasteiger charge is 2.62. The van der Waals surface area contributed by atoms with Gasteiger partial charge in [-0.25, -0.2) is 8.42 Å². The van der Waals surface area contributed by atoms with Gasteiger partial charge >= 0.3 is 0 Å². The van der Waals surface area contributed by atoms with E-state index in [-0.39, 0.29) is 23.6 Å². The first-order valence-electron chi connectivity index (χ1n) is 8.98. The Kier molecular flexibility index (Phi) is 4.85. The van der Waals surface area contributed by atoms with Crippen molar-refractivity contribution in [2.24, 2.45) is 0 Å². The van der Waals surface area contributed by atoms with Gasteiger partial charge in [0.15, 0.2) is 6.10 Å². The molecule has 4 heterocycles. The van der Waals surface area contributed by atoms with Gasteiger partial charge in [-0.15, -0.1) is 11.3 Å². The van der Waals surface area contributed by atoms with Crippen LogP contribution in [-0.4, -0.2) is 74.6 Å². The number of carbonyl (C=O) groups is 1.